The number of rotatable bonds is 3. The van der Waals surface area contributed by atoms with Gasteiger partial charge in [0.1, 0.15) is 5.82 Å². The molecule has 0 atom stereocenters. The summed E-state index contributed by atoms with van der Waals surface area (Å²) < 4.78 is 38.3. The van der Waals surface area contributed by atoms with Crippen LogP contribution in [0.3, 0.4) is 0 Å². The number of alkyl halides is 3. The SMILES string of the molecule is FC(F)(F)c1ccc(-c2c[c]cc(N3CCN(C4CCCCC4)CC3)n2)cc1. The molecule has 1 saturated heterocycles. The van der Waals surface area contributed by atoms with Crippen molar-refractivity contribution in [1.82, 2.24) is 9.88 Å². The molecule has 28 heavy (non-hydrogen) atoms. The molecular weight excluding hydrogens is 363 g/mol. The van der Waals surface area contributed by atoms with Crippen molar-refractivity contribution in [2.75, 3.05) is 31.1 Å². The highest BCUT2D eigenvalue weighted by Gasteiger charge is 2.30. The lowest BCUT2D eigenvalue weighted by atomic mass is 9.94. The molecule has 0 amide bonds. The summed E-state index contributed by atoms with van der Waals surface area (Å²) in [6.45, 7) is 3.93. The van der Waals surface area contributed by atoms with Gasteiger partial charge >= 0.3 is 6.18 Å². The lowest BCUT2D eigenvalue weighted by Crippen LogP contribution is -2.51. The molecular formula is C22H25F3N3. The molecule has 1 radical (unpaired) electrons. The summed E-state index contributed by atoms with van der Waals surface area (Å²) in [5.74, 6) is 0.848. The van der Waals surface area contributed by atoms with E-state index in [0.29, 0.717) is 11.3 Å². The molecule has 2 heterocycles. The van der Waals surface area contributed by atoms with E-state index in [-0.39, 0.29) is 0 Å². The number of aromatic nitrogens is 1. The third-order valence-electron chi connectivity index (χ3n) is 5.90. The number of piperazine rings is 1. The summed E-state index contributed by atoms with van der Waals surface area (Å²) in [5.41, 5.74) is 0.683. The number of pyridine rings is 1. The van der Waals surface area contributed by atoms with E-state index < -0.39 is 11.7 Å². The van der Waals surface area contributed by atoms with Gasteiger partial charge in [-0.3, -0.25) is 4.90 Å². The summed E-state index contributed by atoms with van der Waals surface area (Å²) >= 11 is 0. The van der Waals surface area contributed by atoms with Crippen molar-refractivity contribution in [2.24, 2.45) is 0 Å². The first-order valence-electron chi connectivity index (χ1n) is 10.1. The maximum Gasteiger partial charge on any atom is 0.416 e. The highest BCUT2D eigenvalue weighted by molar-refractivity contribution is 5.62. The van der Waals surface area contributed by atoms with Gasteiger partial charge in [0.15, 0.2) is 0 Å². The van der Waals surface area contributed by atoms with E-state index >= 15 is 0 Å². The Bertz CT molecular complexity index is 774. The predicted octanol–water partition coefficient (Wildman–Crippen LogP) is 5.02. The van der Waals surface area contributed by atoms with Crippen LogP contribution in [-0.4, -0.2) is 42.1 Å². The van der Waals surface area contributed by atoms with Crippen LogP contribution >= 0.6 is 0 Å². The minimum absolute atomic E-state index is 0.643. The van der Waals surface area contributed by atoms with E-state index in [1.807, 2.05) is 6.07 Å². The summed E-state index contributed by atoms with van der Waals surface area (Å²) in [5, 5.41) is 0. The molecule has 2 aromatic rings. The molecule has 1 aromatic heterocycles. The highest BCUT2D eigenvalue weighted by Crippen LogP contribution is 2.31. The van der Waals surface area contributed by atoms with E-state index in [1.54, 1.807) is 6.07 Å². The molecule has 3 nitrogen and oxygen atoms in total. The maximum atomic E-state index is 12.8. The van der Waals surface area contributed by atoms with Crippen LogP contribution in [0.2, 0.25) is 0 Å². The van der Waals surface area contributed by atoms with Gasteiger partial charge in [-0.05, 0) is 43.2 Å². The van der Waals surface area contributed by atoms with Crippen molar-refractivity contribution in [3.05, 3.63) is 48.0 Å². The number of nitrogens with zero attached hydrogens (tertiary/aromatic N) is 3. The number of halogens is 3. The largest absolute Gasteiger partial charge is 0.416 e. The topological polar surface area (TPSA) is 19.4 Å². The van der Waals surface area contributed by atoms with E-state index in [2.05, 4.69) is 15.9 Å². The van der Waals surface area contributed by atoms with Gasteiger partial charge in [-0.15, -0.1) is 0 Å². The molecule has 4 rings (SSSR count). The van der Waals surface area contributed by atoms with Crippen LogP contribution in [-0.2, 0) is 6.18 Å². The summed E-state index contributed by atoms with van der Waals surface area (Å²) in [4.78, 5) is 9.55. The first-order valence-corrected chi connectivity index (χ1v) is 10.1. The van der Waals surface area contributed by atoms with Gasteiger partial charge in [-0.1, -0.05) is 31.4 Å². The minimum Gasteiger partial charge on any atom is -0.354 e. The first kappa shape index (κ1) is 19.2. The van der Waals surface area contributed by atoms with Gasteiger partial charge < -0.3 is 4.90 Å². The maximum absolute atomic E-state index is 12.8. The zero-order valence-electron chi connectivity index (χ0n) is 15.9. The van der Waals surface area contributed by atoms with Gasteiger partial charge in [0, 0.05) is 37.8 Å². The molecule has 2 aliphatic rings. The van der Waals surface area contributed by atoms with Crippen molar-refractivity contribution in [3.63, 3.8) is 0 Å². The number of benzene rings is 1. The van der Waals surface area contributed by atoms with Crippen LogP contribution in [0.5, 0.6) is 0 Å². The Morgan fingerprint density at radius 2 is 1.57 bits per heavy atom. The second-order valence-corrected chi connectivity index (χ2v) is 7.70. The lowest BCUT2D eigenvalue weighted by molar-refractivity contribution is -0.137. The first-order chi connectivity index (χ1) is 13.5. The van der Waals surface area contributed by atoms with Crippen molar-refractivity contribution in [3.8, 4) is 11.3 Å². The van der Waals surface area contributed by atoms with Gasteiger partial charge in [0.05, 0.1) is 11.3 Å². The second kappa shape index (κ2) is 8.11. The molecule has 149 valence electrons. The molecule has 1 saturated carbocycles. The second-order valence-electron chi connectivity index (χ2n) is 7.70. The summed E-state index contributed by atoms with van der Waals surface area (Å²) in [6.07, 6.45) is 2.36. The zero-order valence-corrected chi connectivity index (χ0v) is 15.9. The molecule has 1 aromatic carbocycles. The zero-order chi connectivity index (χ0) is 19.6. The van der Waals surface area contributed by atoms with Crippen LogP contribution in [0.4, 0.5) is 19.0 Å². The Morgan fingerprint density at radius 1 is 0.893 bits per heavy atom. The van der Waals surface area contributed by atoms with Crippen molar-refractivity contribution < 1.29 is 13.2 Å². The van der Waals surface area contributed by atoms with E-state index in [0.717, 1.165) is 50.2 Å². The molecule has 0 N–H and O–H groups in total. The lowest BCUT2D eigenvalue weighted by Gasteiger charge is -2.41. The Morgan fingerprint density at radius 3 is 2.21 bits per heavy atom. The van der Waals surface area contributed by atoms with Crippen LogP contribution < -0.4 is 4.90 Å². The minimum atomic E-state index is -4.32. The fraction of sp³-hybridized carbons (Fsp3) is 0.500. The highest BCUT2D eigenvalue weighted by atomic mass is 19.4. The normalized spacial score (nSPS) is 19.8. The quantitative estimate of drug-likeness (QED) is 0.736. The molecule has 6 heteroatoms. The molecule has 1 aliphatic heterocycles. The molecule has 2 fully saturated rings. The fourth-order valence-electron chi connectivity index (χ4n) is 4.29. The number of hydrogen-bond acceptors (Lipinski definition) is 3. The van der Waals surface area contributed by atoms with Gasteiger partial charge in [-0.2, -0.15) is 13.2 Å². The standard InChI is InChI=1S/C22H25F3N3/c23-22(24,25)18-11-9-17(10-12-18)20-7-4-8-21(26-20)28-15-13-27(14-16-28)19-5-2-1-3-6-19/h7-12,19H,1-3,5-6,13-16H2. The molecule has 0 spiro atoms. The monoisotopic (exact) mass is 388 g/mol. The van der Waals surface area contributed by atoms with E-state index in [4.69, 9.17) is 4.98 Å². The average Bonchev–Trinajstić information content (AvgIpc) is 2.74. The number of hydrogen-bond donors (Lipinski definition) is 0. The fourth-order valence-corrected chi connectivity index (χ4v) is 4.29. The van der Waals surface area contributed by atoms with Crippen molar-refractivity contribution in [2.45, 2.75) is 44.3 Å². The Labute approximate surface area is 164 Å². The van der Waals surface area contributed by atoms with Crippen molar-refractivity contribution in [1.29, 1.82) is 0 Å². The van der Waals surface area contributed by atoms with Crippen LogP contribution in [0.15, 0.2) is 36.4 Å². The van der Waals surface area contributed by atoms with Gasteiger partial charge in [-0.25, -0.2) is 4.98 Å². The Balaban J connectivity index is 1.43. The summed E-state index contributed by atoms with van der Waals surface area (Å²) in [7, 11) is 0. The molecule has 1 aliphatic carbocycles. The van der Waals surface area contributed by atoms with Crippen molar-refractivity contribution >= 4 is 5.82 Å². The van der Waals surface area contributed by atoms with E-state index in [1.165, 1.54) is 44.2 Å². The van der Waals surface area contributed by atoms with Gasteiger partial charge in [0.25, 0.3) is 0 Å². The summed E-state index contributed by atoms with van der Waals surface area (Å²) in [6, 6.07) is 12.6. The third-order valence-corrected chi connectivity index (χ3v) is 5.90. The van der Waals surface area contributed by atoms with Crippen LogP contribution in [0, 0.1) is 6.07 Å². The van der Waals surface area contributed by atoms with Crippen LogP contribution in [0.25, 0.3) is 11.3 Å². The van der Waals surface area contributed by atoms with Crippen LogP contribution in [0.1, 0.15) is 37.7 Å². The number of anilines is 1. The van der Waals surface area contributed by atoms with E-state index in [9.17, 15) is 13.2 Å². The predicted molar refractivity (Wildman–Crippen MR) is 104 cm³/mol. The third kappa shape index (κ3) is 4.32. The van der Waals surface area contributed by atoms with Gasteiger partial charge in [0.2, 0.25) is 0 Å². The smallest absolute Gasteiger partial charge is 0.354 e. The molecule has 0 unspecified atom stereocenters. The Hall–Kier alpha value is -2.08. The Kier molecular flexibility index (Phi) is 5.58. The average molecular weight is 388 g/mol. The molecule has 0 bridgehead atoms.